The van der Waals surface area contributed by atoms with Crippen LogP contribution in [0.3, 0.4) is 0 Å². The molecule has 6 heteroatoms. The maximum absolute atomic E-state index is 12.5. The number of urea groups is 1. The molecule has 23 heavy (non-hydrogen) atoms. The van der Waals surface area contributed by atoms with Crippen LogP contribution in [0.5, 0.6) is 0 Å². The number of amides is 2. The fraction of sp³-hybridized carbons (Fsp3) is 0.941. The first-order valence-electron chi connectivity index (χ1n) is 9.14. The quantitative estimate of drug-likeness (QED) is 0.835. The minimum Gasteiger partial charge on any atom is -0.374 e. The lowest BCUT2D eigenvalue weighted by atomic mass is 9.92. The van der Waals surface area contributed by atoms with Crippen molar-refractivity contribution in [2.45, 2.75) is 50.2 Å². The molecule has 0 aromatic carbocycles. The molecule has 3 aliphatic rings. The van der Waals surface area contributed by atoms with Crippen LogP contribution in [0.2, 0.25) is 0 Å². The third-order valence-electron chi connectivity index (χ3n) is 5.37. The Bertz CT molecular complexity index is 397. The van der Waals surface area contributed by atoms with E-state index in [1.54, 1.807) is 0 Å². The zero-order valence-corrected chi connectivity index (χ0v) is 14.4. The second kappa shape index (κ2) is 7.81. The summed E-state index contributed by atoms with van der Waals surface area (Å²) in [6.07, 6.45) is 7.31. The van der Waals surface area contributed by atoms with Crippen molar-refractivity contribution in [3.05, 3.63) is 0 Å². The van der Waals surface area contributed by atoms with E-state index >= 15 is 0 Å². The number of morpholine rings is 2. The molecule has 3 rings (SSSR count). The molecular weight excluding hydrogens is 294 g/mol. The number of hydrogen-bond acceptors (Lipinski definition) is 4. The van der Waals surface area contributed by atoms with Gasteiger partial charge in [-0.15, -0.1) is 0 Å². The molecule has 1 N–H and O–H groups in total. The Morgan fingerprint density at radius 2 is 1.96 bits per heavy atom. The third kappa shape index (κ3) is 4.58. The van der Waals surface area contributed by atoms with Gasteiger partial charge in [0.05, 0.1) is 31.5 Å². The van der Waals surface area contributed by atoms with Crippen LogP contribution in [0, 0.1) is 0 Å². The molecule has 6 nitrogen and oxygen atoms in total. The number of likely N-dealkylation sites (N-methyl/N-ethyl adjacent to an activating group) is 1. The van der Waals surface area contributed by atoms with Crippen molar-refractivity contribution in [2.75, 3.05) is 53.0 Å². The van der Waals surface area contributed by atoms with Crippen LogP contribution in [0.15, 0.2) is 0 Å². The molecule has 2 saturated heterocycles. The smallest absolute Gasteiger partial charge is 0.317 e. The van der Waals surface area contributed by atoms with Gasteiger partial charge in [-0.25, -0.2) is 4.79 Å². The number of carbonyl (C=O) groups excluding carboxylic acids is 1. The number of carbonyl (C=O) groups is 1. The van der Waals surface area contributed by atoms with Gasteiger partial charge in [-0.3, -0.25) is 0 Å². The average molecular weight is 325 g/mol. The highest BCUT2D eigenvalue weighted by atomic mass is 16.5. The number of hydrogen-bond donors (Lipinski definition) is 1. The summed E-state index contributed by atoms with van der Waals surface area (Å²) in [5, 5.41) is 3.06. The number of rotatable bonds is 2. The largest absolute Gasteiger partial charge is 0.374 e. The van der Waals surface area contributed by atoms with Crippen LogP contribution in [0.25, 0.3) is 0 Å². The van der Waals surface area contributed by atoms with E-state index in [2.05, 4.69) is 17.3 Å². The van der Waals surface area contributed by atoms with E-state index < -0.39 is 0 Å². The highest BCUT2D eigenvalue weighted by Crippen LogP contribution is 2.33. The summed E-state index contributed by atoms with van der Waals surface area (Å²) in [6.45, 7) is 5.29. The normalized spacial score (nSPS) is 29.3. The van der Waals surface area contributed by atoms with E-state index in [0.717, 1.165) is 39.1 Å². The molecule has 0 radical (unpaired) electrons. The van der Waals surface area contributed by atoms with E-state index in [9.17, 15) is 4.79 Å². The van der Waals surface area contributed by atoms with E-state index in [4.69, 9.17) is 9.47 Å². The molecule has 2 aliphatic heterocycles. The molecule has 1 aliphatic carbocycles. The lowest BCUT2D eigenvalue weighted by molar-refractivity contribution is -0.106. The zero-order chi connectivity index (χ0) is 16.1. The number of nitrogens with zero attached hydrogens (tertiary/aromatic N) is 2. The van der Waals surface area contributed by atoms with Crippen LogP contribution < -0.4 is 5.32 Å². The first kappa shape index (κ1) is 17.0. The van der Waals surface area contributed by atoms with E-state index in [1.165, 1.54) is 25.7 Å². The molecule has 3 fully saturated rings. The fourth-order valence-corrected chi connectivity index (χ4v) is 4.00. The molecule has 2 heterocycles. The topological polar surface area (TPSA) is 54.0 Å². The third-order valence-corrected chi connectivity index (χ3v) is 5.37. The summed E-state index contributed by atoms with van der Waals surface area (Å²) in [6, 6.07) is 0.0359. The van der Waals surface area contributed by atoms with Gasteiger partial charge in [-0.05, 0) is 19.9 Å². The van der Waals surface area contributed by atoms with Gasteiger partial charge in [0.15, 0.2) is 0 Å². The van der Waals surface area contributed by atoms with Gasteiger partial charge in [0.1, 0.15) is 0 Å². The van der Waals surface area contributed by atoms with Gasteiger partial charge in [0.2, 0.25) is 0 Å². The zero-order valence-electron chi connectivity index (χ0n) is 14.4. The second-order valence-corrected chi connectivity index (χ2v) is 7.31. The van der Waals surface area contributed by atoms with Gasteiger partial charge in [0.25, 0.3) is 0 Å². The predicted octanol–water partition coefficient (Wildman–Crippen LogP) is 1.45. The summed E-state index contributed by atoms with van der Waals surface area (Å²) < 4.78 is 11.8. The van der Waals surface area contributed by atoms with Gasteiger partial charge >= 0.3 is 6.03 Å². The lowest BCUT2D eigenvalue weighted by Crippen LogP contribution is -2.57. The number of nitrogens with one attached hydrogen (secondary N) is 1. The Kier molecular flexibility index (Phi) is 5.77. The van der Waals surface area contributed by atoms with Crippen LogP contribution in [0.4, 0.5) is 4.79 Å². The van der Waals surface area contributed by atoms with Crippen molar-refractivity contribution in [1.82, 2.24) is 15.1 Å². The maximum Gasteiger partial charge on any atom is 0.317 e. The van der Waals surface area contributed by atoms with Crippen molar-refractivity contribution >= 4 is 6.03 Å². The molecule has 2 amide bonds. The van der Waals surface area contributed by atoms with Crippen molar-refractivity contribution in [3.63, 3.8) is 0 Å². The lowest BCUT2D eigenvalue weighted by Gasteiger charge is -2.42. The Labute approximate surface area is 139 Å². The summed E-state index contributed by atoms with van der Waals surface area (Å²) in [5.41, 5.74) is -0.0896. The Balaban J connectivity index is 1.48. The van der Waals surface area contributed by atoms with Crippen molar-refractivity contribution in [1.29, 1.82) is 0 Å². The van der Waals surface area contributed by atoms with E-state index in [0.29, 0.717) is 19.7 Å². The van der Waals surface area contributed by atoms with Gasteiger partial charge in [0, 0.05) is 26.2 Å². The summed E-state index contributed by atoms with van der Waals surface area (Å²) in [5.74, 6) is 0. The van der Waals surface area contributed by atoms with Crippen molar-refractivity contribution in [3.8, 4) is 0 Å². The van der Waals surface area contributed by atoms with Gasteiger partial charge in [-0.2, -0.15) is 0 Å². The Hall–Kier alpha value is -0.850. The minimum absolute atomic E-state index is 0.0359. The molecule has 0 aromatic heterocycles. The monoisotopic (exact) mass is 325 g/mol. The van der Waals surface area contributed by atoms with Crippen LogP contribution >= 0.6 is 0 Å². The molecule has 0 unspecified atom stereocenters. The molecule has 1 spiro atoms. The second-order valence-electron chi connectivity index (χ2n) is 7.31. The molecule has 1 atom stereocenters. The van der Waals surface area contributed by atoms with Crippen LogP contribution in [-0.4, -0.2) is 80.5 Å². The van der Waals surface area contributed by atoms with Gasteiger partial charge < -0.3 is 24.6 Å². The SMILES string of the molecule is CN1CCO[C@@H](CNC(=O)N2CCOC3(CCCCCC3)C2)C1. The molecule has 0 aromatic rings. The van der Waals surface area contributed by atoms with Crippen LogP contribution in [0.1, 0.15) is 38.5 Å². The summed E-state index contributed by atoms with van der Waals surface area (Å²) in [4.78, 5) is 16.7. The average Bonchev–Trinajstić information content (AvgIpc) is 2.78. The first-order valence-corrected chi connectivity index (χ1v) is 9.14. The highest BCUT2D eigenvalue weighted by molar-refractivity contribution is 5.74. The van der Waals surface area contributed by atoms with E-state index in [-0.39, 0.29) is 17.7 Å². The molecular formula is C17H31N3O3. The van der Waals surface area contributed by atoms with Crippen LogP contribution in [-0.2, 0) is 9.47 Å². The maximum atomic E-state index is 12.5. The molecule has 0 bridgehead atoms. The van der Waals surface area contributed by atoms with Crippen molar-refractivity contribution < 1.29 is 14.3 Å². The molecule has 132 valence electrons. The number of ether oxygens (including phenoxy) is 2. The minimum atomic E-state index is -0.0896. The highest BCUT2D eigenvalue weighted by Gasteiger charge is 2.38. The molecule has 1 saturated carbocycles. The Morgan fingerprint density at radius 1 is 1.17 bits per heavy atom. The standard InChI is InChI=1S/C17H31N3O3/c1-19-8-10-22-15(13-19)12-18-16(21)20-9-11-23-17(14-20)6-4-2-3-5-7-17/h15H,2-14H2,1H3,(H,18,21)/t15-/m0/s1. The van der Waals surface area contributed by atoms with Gasteiger partial charge in [-0.1, -0.05) is 25.7 Å². The fourth-order valence-electron chi connectivity index (χ4n) is 4.00. The van der Waals surface area contributed by atoms with E-state index in [1.807, 2.05) is 4.90 Å². The Morgan fingerprint density at radius 3 is 2.70 bits per heavy atom. The summed E-state index contributed by atoms with van der Waals surface area (Å²) >= 11 is 0. The first-order chi connectivity index (χ1) is 11.2. The summed E-state index contributed by atoms with van der Waals surface area (Å²) in [7, 11) is 2.09. The van der Waals surface area contributed by atoms with Crippen molar-refractivity contribution in [2.24, 2.45) is 0 Å². The predicted molar refractivity (Wildman–Crippen MR) is 88.6 cm³/mol.